The Labute approximate surface area is 133 Å². The first-order valence-corrected chi connectivity index (χ1v) is 7.73. The van der Waals surface area contributed by atoms with Crippen molar-refractivity contribution in [2.24, 2.45) is 20.0 Å². The molecule has 0 radical (unpaired) electrons. The van der Waals surface area contributed by atoms with Crippen molar-refractivity contribution in [2.45, 2.75) is 19.1 Å². The summed E-state index contributed by atoms with van der Waals surface area (Å²) in [5, 5.41) is 9.39. The first kappa shape index (κ1) is 15.8. The van der Waals surface area contributed by atoms with Crippen LogP contribution in [0.1, 0.15) is 18.4 Å². The molecule has 0 aliphatic carbocycles. The van der Waals surface area contributed by atoms with Gasteiger partial charge in [-0.05, 0) is 12.8 Å². The van der Waals surface area contributed by atoms with Crippen molar-refractivity contribution in [3.05, 3.63) is 26.4 Å². The maximum absolute atomic E-state index is 12.2. The van der Waals surface area contributed by atoms with Gasteiger partial charge in [0.2, 0.25) is 0 Å². The number of piperidine rings is 1. The maximum Gasteiger partial charge on any atom is 0.332 e. The number of hydrogen-bond donors (Lipinski definition) is 0. The summed E-state index contributed by atoms with van der Waals surface area (Å²) >= 11 is 0. The highest BCUT2D eigenvalue weighted by Crippen LogP contribution is 2.28. The van der Waals surface area contributed by atoms with Gasteiger partial charge in [0.25, 0.3) is 5.56 Å². The van der Waals surface area contributed by atoms with Crippen LogP contribution in [0.25, 0.3) is 0 Å². The van der Waals surface area contributed by atoms with Crippen LogP contribution < -0.4 is 16.1 Å². The van der Waals surface area contributed by atoms with Gasteiger partial charge < -0.3 is 14.4 Å². The molecule has 2 aliphatic heterocycles. The van der Waals surface area contributed by atoms with E-state index in [1.807, 2.05) is 11.0 Å². The zero-order valence-corrected chi connectivity index (χ0v) is 13.3. The molecular formula is C15H20N4O4. The van der Waals surface area contributed by atoms with Crippen LogP contribution in [0.3, 0.4) is 0 Å². The lowest BCUT2D eigenvalue weighted by Crippen LogP contribution is -2.47. The molecule has 0 N–H and O–H groups in total. The highest BCUT2D eigenvalue weighted by molar-refractivity contribution is 5.53. The van der Waals surface area contributed by atoms with Gasteiger partial charge in [-0.1, -0.05) is 0 Å². The third-order valence-electron chi connectivity index (χ3n) is 4.54. The van der Waals surface area contributed by atoms with Crippen molar-refractivity contribution in [3.63, 3.8) is 0 Å². The Kier molecular flexibility index (Phi) is 4.24. The zero-order chi connectivity index (χ0) is 16.6. The van der Waals surface area contributed by atoms with Crippen LogP contribution in [-0.2, 0) is 23.6 Å². The minimum absolute atomic E-state index is 0.00325. The lowest BCUT2D eigenvalue weighted by atomic mass is 9.97. The molecule has 2 aliphatic rings. The second-order valence-corrected chi connectivity index (χ2v) is 5.97. The summed E-state index contributed by atoms with van der Waals surface area (Å²) in [6, 6.07) is 1.96. The second kappa shape index (κ2) is 6.18. The molecule has 0 saturated carbocycles. The van der Waals surface area contributed by atoms with E-state index >= 15 is 0 Å². The standard InChI is InChI=1S/C15H20N4O4/c1-17-12(11(8-16)13(20)18(2)15(17)21)19-5-3-4-10(9-19)14-22-6-7-23-14/h10,14H,3-7,9H2,1-2H3/t10-/m0/s1. The normalized spacial score (nSPS) is 22.3. The number of aromatic nitrogens is 2. The van der Waals surface area contributed by atoms with E-state index < -0.39 is 11.2 Å². The van der Waals surface area contributed by atoms with Gasteiger partial charge in [0.15, 0.2) is 11.9 Å². The van der Waals surface area contributed by atoms with Gasteiger partial charge in [-0.3, -0.25) is 13.9 Å². The third-order valence-corrected chi connectivity index (χ3v) is 4.54. The highest BCUT2D eigenvalue weighted by atomic mass is 16.7. The third kappa shape index (κ3) is 2.66. The smallest absolute Gasteiger partial charge is 0.332 e. The SMILES string of the molecule is Cn1c(N2CCC[C@H](C3OCCO3)C2)c(C#N)c(=O)n(C)c1=O. The van der Waals surface area contributed by atoms with E-state index in [1.54, 1.807) is 7.05 Å². The molecule has 3 heterocycles. The molecule has 2 fully saturated rings. The van der Waals surface area contributed by atoms with Crippen molar-refractivity contribution < 1.29 is 9.47 Å². The van der Waals surface area contributed by atoms with Gasteiger partial charge in [-0.2, -0.15) is 5.26 Å². The number of rotatable bonds is 2. The van der Waals surface area contributed by atoms with E-state index in [0.717, 1.165) is 17.4 Å². The predicted molar refractivity (Wildman–Crippen MR) is 82.3 cm³/mol. The number of nitriles is 1. The summed E-state index contributed by atoms with van der Waals surface area (Å²) in [4.78, 5) is 26.4. The number of anilines is 1. The first-order valence-electron chi connectivity index (χ1n) is 7.73. The van der Waals surface area contributed by atoms with E-state index in [2.05, 4.69) is 0 Å². The Morgan fingerprint density at radius 1 is 1.17 bits per heavy atom. The summed E-state index contributed by atoms with van der Waals surface area (Å²) < 4.78 is 13.5. The molecule has 0 bridgehead atoms. The molecule has 2 saturated heterocycles. The van der Waals surface area contributed by atoms with Crippen LogP contribution in [0.5, 0.6) is 0 Å². The minimum Gasteiger partial charge on any atom is -0.356 e. The zero-order valence-electron chi connectivity index (χ0n) is 13.3. The second-order valence-electron chi connectivity index (χ2n) is 5.97. The van der Waals surface area contributed by atoms with Crippen LogP contribution in [0.15, 0.2) is 9.59 Å². The summed E-state index contributed by atoms with van der Waals surface area (Å²) in [7, 11) is 2.97. The van der Waals surface area contributed by atoms with Gasteiger partial charge in [0.1, 0.15) is 11.9 Å². The van der Waals surface area contributed by atoms with Crippen LogP contribution >= 0.6 is 0 Å². The summed E-state index contributed by atoms with van der Waals surface area (Å²) in [6.07, 6.45) is 1.61. The molecular weight excluding hydrogens is 300 g/mol. The quantitative estimate of drug-likeness (QED) is 0.733. The molecule has 0 amide bonds. The molecule has 0 spiro atoms. The van der Waals surface area contributed by atoms with Crippen molar-refractivity contribution in [2.75, 3.05) is 31.2 Å². The average Bonchev–Trinajstić information content (AvgIpc) is 3.10. The van der Waals surface area contributed by atoms with Crippen LogP contribution in [0.2, 0.25) is 0 Å². The van der Waals surface area contributed by atoms with Gasteiger partial charge >= 0.3 is 5.69 Å². The first-order chi connectivity index (χ1) is 11.0. The van der Waals surface area contributed by atoms with Crippen LogP contribution in [-0.4, -0.2) is 41.7 Å². The van der Waals surface area contributed by atoms with Crippen molar-refractivity contribution >= 4 is 5.82 Å². The lowest BCUT2D eigenvalue weighted by Gasteiger charge is -2.36. The predicted octanol–water partition coefficient (Wildman–Crippen LogP) is -0.455. The maximum atomic E-state index is 12.2. The van der Waals surface area contributed by atoms with E-state index in [1.165, 1.54) is 11.6 Å². The molecule has 1 aromatic heterocycles. The summed E-state index contributed by atoms with van der Waals surface area (Å²) in [5.41, 5.74) is -0.982. The van der Waals surface area contributed by atoms with Gasteiger partial charge in [0, 0.05) is 33.1 Å². The fraction of sp³-hybridized carbons (Fsp3) is 0.667. The molecule has 0 aromatic carbocycles. The minimum atomic E-state index is -0.555. The largest absolute Gasteiger partial charge is 0.356 e. The van der Waals surface area contributed by atoms with Crippen molar-refractivity contribution in [1.82, 2.24) is 9.13 Å². The van der Waals surface area contributed by atoms with E-state index in [0.29, 0.717) is 32.1 Å². The van der Waals surface area contributed by atoms with Crippen molar-refractivity contribution in [3.8, 4) is 6.07 Å². The van der Waals surface area contributed by atoms with E-state index in [9.17, 15) is 14.9 Å². The Morgan fingerprint density at radius 2 is 1.87 bits per heavy atom. The van der Waals surface area contributed by atoms with E-state index in [-0.39, 0.29) is 17.8 Å². The molecule has 3 rings (SSSR count). The number of hydrogen-bond acceptors (Lipinski definition) is 6. The van der Waals surface area contributed by atoms with Crippen molar-refractivity contribution in [1.29, 1.82) is 5.26 Å². The summed E-state index contributed by atoms with van der Waals surface area (Å²) in [6.45, 7) is 2.47. The fourth-order valence-electron chi connectivity index (χ4n) is 3.37. The Bertz CT molecular complexity index is 754. The molecule has 124 valence electrons. The topological polar surface area (TPSA) is 89.5 Å². The number of ether oxygens (including phenoxy) is 2. The Morgan fingerprint density at radius 3 is 2.52 bits per heavy atom. The fourth-order valence-corrected chi connectivity index (χ4v) is 3.37. The summed E-state index contributed by atoms with van der Waals surface area (Å²) in [5.74, 6) is 0.556. The lowest BCUT2D eigenvalue weighted by molar-refractivity contribution is -0.0859. The molecule has 8 heteroatoms. The average molecular weight is 320 g/mol. The highest BCUT2D eigenvalue weighted by Gasteiger charge is 2.33. The van der Waals surface area contributed by atoms with E-state index in [4.69, 9.17) is 9.47 Å². The van der Waals surface area contributed by atoms with Gasteiger partial charge in [0.05, 0.1) is 13.2 Å². The molecule has 1 atom stereocenters. The van der Waals surface area contributed by atoms with Crippen LogP contribution in [0.4, 0.5) is 5.82 Å². The molecule has 8 nitrogen and oxygen atoms in total. The Hall–Kier alpha value is -2.11. The molecule has 0 unspecified atom stereocenters. The monoisotopic (exact) mass is 320 g/mol. The van der Waals surface area contributed by atoms with Gasteiger partial charge in [-0.15, -0.1) is 0 Å². The Balaban J connectivity index is 1.99. The van der Waals surface area contributed by atoms with Gasteiger partial charge in [-0.25, -0.2) is 4.79 Å². The van der Waals surface area contributed by atoms with Crippen LogP contribution in [0, 0.1) is 17.2 Å². The molecule has 23 heavy (non-hydrogen) atoms. The number of nitrogens with zero attached hydrogens (tertiary/aromatic N) is 4. The molecule has 1 aromatic rings.